The van der Waals surface area contributed by atoms with Crippen LogP contribution in [0.3, 0.4) is 0 Å². The molecule has 5 nitrogen and oxygen atoms in total. The highest BCUT2D eigenvalue weighted by atomic mass is 16.1. The molecular formula is C17H26N4O. The number of rotatable bonds is 6. The molecule has 2 saturated carbocycles. The van der Waals surface area contributed by atoms with Gasteiger partial charge in [0.25, 0.3) is 5.91 Å². The van der Waals surface area contributed by atoms with Gasteiger partial charge in [-0.15, -0.1) is 0 Å². The number of nitrogens with zero attached hydrogens (tertiary/aromatic N) is 3. The lowest BCUT2D eigenvalue weighted by Gasteiger charge is -2.27. The minimum Gasteiger partial charge on any atom is -0.351 e. The maximum Gasteiger partial charge on any atom is 0.272 e. The van der Waals surface area contributed by atoms with Crippen LogP contribution < -0.4 is 5.32 Å². The van der Waals surface area contributed by atoms with Crippen LogP contribution in [-0.4, -0.2) is 40.2 Å². The van der Waals surface area contributed by atoms with Crippen molar-refractivity contribution in [3.63, 3.8) is 0 Å². The molecule has 0 aromatic carbocycles. The van der Waals surface area contributed by atoms with Gasteiger partial charge in [0.05, 0.1) is 0 Å². The van der Waals surface area contributed by atoms with Gasteiger partial charge in [-0.25, -0.2) is 0 Å². The van der Waals surface area contributed by atoms with Crippen LogP contribution in [0.5, 0.6) is 0 Å². The zero-order valence-electron chi connectivity index (χ0n) is 13.5. The molecule has 5 heteroatoms. The summed E-state index contributed by atoms with van der Waals surface area (Å²) in [5, 5.41) is 7.63. The molecule has 2 fully saturated rings. The lowest BCUT2D eigenvalue weighted by Crippen LogP contribution is -2.34. The number of hydrogen-bond acceptors (Lipinski definition) is 3. The summed E-state index contributed by atoms with van der Waals surface area (Å²) in [5.41, 5.74) is 3.19. The van der Waals surface area contributed by atoms with E-state index in [1.807, 2.05) is 6.92 Å². The topological polar surface area (TPSA) is 50.2 Å². The van der Waals surface area contributed by atoms with Crippen molar-refractivity contribution in [2.24, 2.45) is 11.8 Å². The van der Waals surface area contributed by atoms with Crippen LogP contribution >= 0.6 is 0 Å². The van der Waals surface area contributed by atoms with Gasteiger partial charge in [0.2, 0.25) is 0 Å². The Kier molecular flexibility index (Phi) is 3.68. The van der Waals surface area contributed by atoms with Crippen LogP contribution in [0.25, 0.3) is 0 Å². The minimum absolute atomic E-state index is 0.00145. The molecule has 0 spiro atoms. The fourth-order valence-corrected chi connectivity index (χ4v) is 3.49. The summed E-state index contributed by atoms with van der Waals surface area (Å²) in [4.78, 5) is 14.9. The van der Waals surface area contributed by atoms with Crippen molar-refractivity contribution in [3.8, 4) is 0 Å². The van der Waals surface area contributed by atoms with Gasteiger partial charge in [-0.05, 0) is 44.4 Å². The molecule has 0 radical (unpaired) electrons. The smallest absolute Gasteiger partial charge is 0.272 e. The second kappa shape index (κ2) is 5.69. The van der Waals surface area contributed by atoms with E-state index in [0.29, 0.717) is 12.2 Å². The van der Waals surface area contributed by atoms with E-state index in [1.54, 1.807) is 0 Å². The second-order valence-corrected chi connectivity index (χ2v) is 7.19. The zero-order valence-corrected chi connectivity index (χ0v) is 13.5. The van der Waals surface area contributed by atoms with Crippen molar-refractivity contribution in [3.05, 3.63) is 17.0 Å². The van der Waals surface area contributed by atoms with Crippen LogP contribution in [0.15, 0.2) is 0 Å². The van der Waals surface area contributed by atoms with E-state index in [0.717, 1.165) is 37.9 Å². The first-order valence-corrected chi connectivity index (χ1v) is 8.83. The summed E-state index contributed by atoms with van der Waals surface area (Å²) < 4.78 is 2.14. The molecule has 1 aliphatic heterocycles. The molecule has 1 N–H and O–H groups in total. The summed E-state index contributed by atoms with van der Waals surface area (Å²) in [6.07, 6.45) is 6.44. The highest BCUT2D eigenvalue weighted by Gasteiger charge is 2.32. The molecule has 0 bridgehead atoms. The molecule has 3 aliphatic rings. The Morgan fingerprint density at radius 1 is 1.23 bits per heavy atom. The normalized spacial score (nSPS) is 21.7. The molecule has 2 aliphatic carbocycles. The van der Waals surface area contributed by atoms with Gasteiger partial charge >= 0.3 is 0 Å². The summed E-state index contributed by atoms with van der Waals surface area (Å²) in [5.74, 6) is 1.69. The Morgan fingerprint density at radius 3 is 2.64 bits per heavy atom. The Morgan fingerprint density at radius 2 is 1.95 bits per heavy atom. The first-order chi connectivity index (χ1) is 10.7. The lowest BCUT2D eigenvalue weighted by atomic mass is 10.0. The molecular weight excluding hydrogens is 276 g/mol. The third-order valence-corrected chi connectivity index (χ3v) is 5.11. The molecule has 1 aromatic rings. The van der Waals surface area contributed by atoms with Gasteiger partial charge in [0.15, 0.2) is 5.69 Å². The first kappa shape index (κ1) is 14.2. The van der Waals surface area contributed by atoms with E-state index in [2.05, 4.69) is 14.9 Å². The molecule has 22 heavy (non-hydrogen) atoms. The number of nitrogens with one attached hydrogen (secondary N) is 1. The number of fused-ring (bicyclic) bond motifs is 1. The maximum absolute atomic E-state index is 12.4. The van der Waals surface area contributed by atoms with E-state index in [1.165, 1.54) is 43.5 Å². The van der Waals surface area contributed by atoms with Gasteiger partial charge in [-0.1, -0.05) is 0 Å². The molecule has 120 valence electrons. The quantitative estimate of drug-likeness (QED) is 0.872. The van der Waals surface area contributed by atoms with Gasteiger partial charge < -0.3 is 5.32 Å². The van der Waals surface area contributed by atoms with Gasteiger partial charge in [0, 0.05) is 50.4 Å². The average Bonchev–Trinajstić information content (AvgIpc) is 3.41. The van der Waals surface area contributed by atoms with Crippen LogP contribution in [0.2, 0.25) is 0 Å². The molecule has 1 aromatic heterocycles. The number of carbonyl (C=O) groups is 1. The van der Waals surface area contributed by atoms with E-state index < -0.39 is 0 Å². The molecule has 4 rings (SSSR count). The number of amides is 1. The number of carbonyl (C=O) groups excluding carboxylic acids is 1. The third kappa shape index (κ3) is 2.91. The van der Waals surface area contributed by atoms with Crippen LogP contribution in [0.4, 0.5) is 0 Å². The molecule has 0 saturated heterocycles. The van der Waals surface area contributed by atoms with E-state index >= 15 is 0 Å². The fraction of sp³-hybridized carbons (Fsp3) is 0.765. The van der Waals surface area contributed by atoms with Crippen molar-refractivity contribution in [2.75, 3.05) is 19.6 Å². The standard InChI is InChI=1S/C17H26N4O/c1-2-18-17(22)16-14-11-20(9-12-3-4-12)8-7-15(14)21(19-16)10-13-5-6-13/h12-13H,2-11H2,1H3,(H,18,22). The Bertz CT molecular complexity index is 571. The van der Waals surface area contributed by atoms with Crippen molar-refractivity contribution >= 4 is 5.91 Å². The second-order valence-electron chi connectivity index (χ2n) is 7.19. The van der Waals surface area contributed by atoms with E-state index in [-0.39, 0.29) is 5.91 Å². The van der Waals surface area contributed by atoms with Crippen LogP contribution in [0, 0.1) is 11.8 Å². The summed E-state index contributed by atoms with van der Waals surface area (Å²) >= 11 is 0. The maximum atomic E-state index is 12.4. The molecule has 1 amide bonds. The van der Waals surface area contributed by atoms with Gasteiger partial charge in [0.1, 0.15) is 0 Å². The summed E-state index contributed by atoms with van der Waals surface area (Å²) in [7, 11) is 0. The largest absolute Gasteiger partial charge is 0.351 e. The van der Waals surface area contributed by atoms with Crippen molar-refractivity contribution in [2.45, 2.75) is 52.1 Å². The minimum atomic E-state index is 0.00145. The predicted molar refractivity (Wildman–Crippen MR) is 84.7 cm³/mol. The monoisotopic (exact) mass is 302 g/mol. The van der Waals surface area contributed by atoms with Gasteiger partial charge in [-0.2, -0.15) is 5.10 Å². The summed E-state index contributed by atoms with van der Waals surface area (Å²) in [6.45, 7) is 6.85. The molecule has 2 heterocycles. The lowest BCUT2D eigenvalue weighted by molar-refractivity contribution is 0.0947. The van der Waals surface area contributed by atoms with Crippen molar-refractivity contribution < 1.29 is 4.79 Å². The zero-order chi connectivity index (χ0) is 15.1. The highest BCUT2D eigenvalue weighted by molar-refractivity contribution is 5.94. The first-order valence-electron chi connectivity index (χ1n) is 8.83. The number of aromatic nitrogens is 2. The third-order valence-electron chi connectivity index (χ3n) is 5.11. The summed E-state index contributed by atoms with van der Waals surface area (Å²) in [6, 6.07) is 0. The Hall–Kier alpha value is -1.36. The van der Waals surface area contributed by atoms with Crippen molar-refractivity contribution in [1.29, 1.82) is 0 Å². The fourth-order valence-electron chi connectivity index (χ4n) is 3.49. The van der Waals surface area contributed by atoms with Crippen molar-refractivity contribution in [1.82, 2.24) is 20.0 Å². The molecule has 0 unspecified atom stereocenters. The Balaban J connectivity index is 1.59. The number of hydrogen-bond donors (Lipinski definition) is 1. The average molecular weight is 302 g/mol. The molecule has 0 atom stereocenters. The Labute approximate surface area is 132 Å². The predicted octanol–water partition coefficient (Wildman–Crippen LogP) is 1.81. The van der Waals surface area contributed by atoms with Gasteiger partial charge in [-0.3, -0.25) is 14.4 Å². The van der Waals surface area contributed by atoms with Crippen LogP contribution in [-0.2, 0) is 19.5 Å². The highest BCUT2D eigenvalue weighted by Crippen LogP contribution is 2.34. The van der Waals surface area contributed by atoms with E-state index in [4.69, 9.17) is 5.10 Å². The van der Waals surface area contributed by atoms with E-state index in [9.17, 15) is 4.79 Å². The SMILES string of the molecule is CCNC(=O)c1nn(CC2CC2)c2c1CN(CC1CC1)CC2. The van der Waals surface area contributed by atoms with Crippen LogP contribution in [0.1, 0.15) is 54.4 Å².